The summed E-state index contributed by atoms with van der Waals surface area (Å²) in [7, 11) is -3.43. The van der Waals surface area contributed by atoms with Gasteiger partial charge < -0.3 is 10.4 Å². The lowest BCUT2D eigenvalue weighted by Crippen LogP contribution is -2.02. The quantitative estimate of drug-likeness (QED) is 0.330. The van der Waals surface area contributed by atoms with Crippen molar-refractivity contribution in [3.05, 3.63) is 103 Å². The zero-order chi connectivity index (χ0) is 24.6. The lowest BCUT2D eigenvalue weighted by Gasteiger charge is -2.10. The summed E-state index contributed by atoms with van der Waals surface area (Å²) in [5, 5.41) is 12.5. The van der Waals surface area contributed by atoms with Crippen LogP contribution in [0.2, 0.25) is 0 Å². The molecular weight excluding hydrogens is 462 g/mol. The average molecular weight is 484 g/mol. The number of rotatable bonds is 6. The molecule has 0 atom stereocenters. The number of carboxylic acids is 1. The predicted octanol–water partition coefficient (Wildman–Crippen LogP) is 5.51. The molecule has 0 unspecified atom stereocenters. The van der Waals surface area contributed by atoms with Crippen molar-refractivity contribution in [2.75, 3.05) is 11.6 Å². The Morgan fingerprint density at radius 2 is 1.46 bits per heavy atom. The number of aromatic carboxylic acids is 1. The monoisotopic (exact) mass is 483 g/mol. The van der Waals surface area contributed by atoms with E-state index in [-0.39, 0.29) is 10.5 Å². The van der Waals surface area contributed by atoms with Crippen molar-refractivity contribution in [1.82, 2.24) is 9.38 Å². The van der Waals surface area contributed by atoms with Crippen molar-refractivity contribution >= 4 is 33.0 Å². The molecule has 8 heteroatoms. The van der Waals surface area contributed by atoms with Crippen LogP contribution in [0.1, 0.15) is 10.4 Å². The highest BCUT2D eigenvalue weighted by Crippen LogP contribution is 2.33. The molecule has 0 fully saturated rings. The maximum absolute atomic E-state index is 12.2. The molecule has 0 aliphatic rings. The van der Waals surface area contributed by atoms with Crippen molar-refractivity contribution in [3.8, 4) is 22.4 Å². The first-order chi connectivity index (χ1) is 16.8. The van der Waals surface area contributed by atoms with Gasteiger partial charge in [-0.2, -0.15) is 0 Å². The van der Waals surface area contributed by atoms with Gasteiger partial charge in [-0.1, -0.05) is 54.6 Å². The summed E-state index contributed by atoms with van der Waals surface area (Å²) >= 11 is 0. The van der Waals surface area contributed by atoms with Gasteiger partial charge >= 0.3 is 5.97 Å². The second kappa shape index (κ2) is 8.73. The zero-order valence-electron chi connectivity index (χ0n) is 18.7. The molecule has 5 rings (SSSR count). The summed E-state index contributed by atoms with van der Waals surface area (Å²) in [6, 6.07) is 27.5. The lowest BCUT2D eigenvalue weighted by molar-refractivity contribution is 0.0697. The molecular formula is C27H21N3O4S. The maximum Gasteiger partial charge on any atom is 0.335 e. The maximum atomic E-state index is 12.2. The van der Waals surface area contributed by atoms with E-state index in [9.17, 15) is 18.3 Å². The third-order valence-electron chi connectivity index (χ3n) is 5.68. The standard InChI is InChI=1S/C27H21N3O4S/c1-35(33,34)23-15-16-24-29-25(20-9-7-19(8-10-20)18-5-3-2-4-6-18)26(30(24)17-23)28-22-13-11-21(12-14-22)27(31)32/h2-17,28H,1H3,(H,31,32). The normalized spacial score (nSPS) is 11.5. The zero-order valence-corrected chi connectivity index (χ0v) is 19.5. The molecule has 3 aromatic carbocycles. The van der Waals surface area contributed by atoms with Crippen LogP contribution in [0.15, 0.2) is 102 Å². The molecule has 0 amide bonds. The van der Waals surface area contributed by atoms with Gasteiger partial charge in [0, 0.05) is 23.7 Å². The summed E-state index contributed by atoms with van der Waals surface area (Å²) < 4.78 is 26.1. The summed E-state index contributed by atoms with van der Waals surface area (Å²) in [5.41, 5.74) is 5.04. The minimum atomic E-state index is -3.43. The van der Waals surface area contributed by atoms with Gasteiger partial charge in [-0.3, -0.25) is 4.40 Å². The van der Waals surface area contributed by atoms with E-state index < -0.39 is 15.8 Å². The molecule has 0 saturated carbocycles. The van der Waals surface area contributed by atoms with E-state index in [1.165, 1.54) is 24.4 Å². The number of pyridine rings is 1. The first kappa shape index (κ1) is 22.4. The number of imidazole rings is 1. The van der Waals surface area contributed by atoms with Gasteiger partial charge in [0.1, 0.15) is 17.2 Å². The Labute approximate surface area is 202 Å². The Morgan fingerprint density at radius 3 is 2.09 bits per heavy atom. The predicted molar refractivity (Wildman–Crippen MR) is 136 cm³/mol. The first-order valence-electron chi connectivity index (χ1n) is 10.8. The highest BCUT2D eigenvalue weighted by Gasteiger charge is 2.17. The number of hydrogen-bond acceptors (Lipinski definition) is 5. The van der Waals surface area contributed by atoms with Crippen molar-refractivity contribution in [2.45, 2.75) is 4.90 Å². The van der Waals surface area contributed by atoms with Crippen LogP contribution in [-0.2, 0) is 9.84 Å². The van der Waals surface area contributed by atoms with Crippen molar-refractivity contribution < 1.29 is 18.3 Å². The van der Waals surface area contributed by atoms with Gasteiger partial charge in [0.25, 0.3) is 0 Å². The van der Waals surface area contributed by atoms with Gasteiger partial charge in [-0.15, -0.1) is 0 Å². The van der Waals surface area contributed by atoms with E-state index in [2.05, 4.69) is 5.32 Å². The van der Waals surface area contributed by atoms with E-state index in [0.717, 1.165) is 22.9 Å². The number of sulfone groups is 1. The number of carboxylic acid groups (broad SMARTS) is 1. The van der Waals surface area contributed by atoms with Gasteiger partial charge in [0.15, 0.2) is 9.84 Å². The Balaban J connectivity index is 1.63. The van der Waals surface area contributed by atoms with E-state index in [1.807, 2.05) is 54.6 Å². The van der Waals surface area contributed by atoms with Gasteiger partial charge in [-0.25, -0.2) is 18.2 Å². The minimum absolute atomic E-state index is 0.164. The average Bonchev–Trinajstić information content (AvgIpc) is 3.22. The van der Waals surface area contributed by atoms with Crippen molar-refractivity contribution in [1.29, 1.82) is 0 Å². The number of carbonyl (C=O) groups is 1. The van der Waals surface area contributed by atoms with Crippen molar-refractivity contribution in [2.24, 2.45) is 0 Å². The molecule has 0 bridgehead atoms. The largest absolute Gasteiger partial charge is 0.478 e. The Bertz CT molecular complexity index is 1640. The number of nitrogens with one attached hydrogen (secondary N) is 1. The molecule has 0 spiro atoms. The summed E-state index contributed by atoms with van der Waals surface area (Å²) in [5.74, 6) is -0.440. The van der Waals surface area contributed by atoms with E-state index in [1.54, 1.807) is 22.6 Å². The van der Waals surface area contributed by atoms with Crippen LogP contribution >= 0.6 is 0 Å². The van der Waals surface area contributed by atoms with Gasteiger partial charge in [0.2, 0.25) is 0 Å². The molecule has 2 heterocycles. The Hall–Kier alpha value is -4.43. The highest BCUT2D eigenvalue weighted by molar-refractivity contribution is 7.90. The van der Waals surface area contributed by atoms with E-state index >= 15 is 0 Å². The lowest BCUT2D eigenvalue weighted by atomic mass is 10.0. The fourth-order valence-corrected chi connectivity index (χ4v) is 4.46. The van der Waals surface area contributed by atoms with Crippen LogP contribution in [0.3, 0.4) is 0 Å². The third kappa shape index (κ3) is 4.51. The second-order valence-electron chi connectivity index (χ2n) is 8.13. The molecule has 35 heavy (non-hydrogen) atoms. The number of benzene rings is 3. The molecule has 0 saturated heterocycles. The van der Waals surface area contributed by atoms with Crippen LogP contribution in [0.25, 0.3) is 28.0 Å². The molecule has 5 aromatic rings. The Kier molecular flexibility index (Phi) is 5.58. The number of aromatic nitrogens is 2. The Morgan fingerprint density at radius 1 is 0.829 bits per heavy atom. The van der Waals surface area contributed by atoms with E-state index in [4.69, 9.17) is 4.98 Å². The number of fused-ring (bicyclic) bond motifs is 1. The summed E-state index contributed by atoms with van der Waals surface area (Å²) in [4.78, 5) is 16.1. The van der Waals surface area contributed by atoms with E-state index in [0.29, 0.717) is 22.8 Å². The third-order valence-corrected chi connectivity index (χ3v) is 6.78. The molecule has 7 nitrogen and oxygen atoms in total. The number of anilines is 2. The summed E-state index contributed by atoms with van der Waals surface area (Å²) in [6.07, 6.45) is 2.69. The fourth-order valence-electron chi connectivity index (χ4n) is 3.85. The molecule has 174 valence electrons. The second-order valence-corrected chi connectivity index (χ2v) is 10.1. The SMILES string of the molecule is CS(=O)(=O)c1ccc2nc(-c3ccc(-c4ccccc4)cc3)c(Nc3ccc(C(=O)O)cc3)n2c1. The number of nitrogens with zero attached hydrogens (tertiary/aromatic N) is 2. The van der Waals surface area contributed by atoms with Crippen LogP contribution in [0.5, 0.6) is 0 Å². The molecule has 0 aliphatic carbocycles. The smallest absolute Gasteiger partial charge is 0.335 e. The first-order valence-corrected chi connectivity index (χ1v) is 12.7. The van der Waals surface area contributed by atoms with Crippen LogP contribution < -0.4 is 5.32 Å². The topological polar surface area (TPSA) is 101 Å². The summed E-state index contributed by atoms with van der Waals surface area (Å²) in [6.45, 7) is 0. The van der Waals surface area contributed by atoms with Crippen LogP contribution in [-0.4, -0.2) is 35.1 Å². The van der Waals surface area contributed by atoms with Crippen molar-refractivity contribution in [3.63, 3.8) is 0 Å². The van der Waals surface area contributed by atoms with Gasteiger partial charge in [-0.05, 0) is 47.5 Å². The van der Waals surface area contributed by atoms with Gasteiger partial charge in [0.05, 0.1) is 10.5 Å². The molecule has 2 aromatic heterocycles. The van der Waals surface area contributed by atoms with Crippen LogP contribution in [0, 0.1) is 0 Å². The minimum Gasteiger partial charge on any atom is -0.478 e. The number of hydrogen-bond donors (Lipinski definition) is 2. The fraction of sp³-hybridized carbons (Fsp3) is 0.0370. The van der Waals surface area contributed by atoms with Crippen LogP contribution in [0.4, 0.5) is 11.5 Å². The molecule has 0 aliphatic heterocycles. The highest BCUT2D eigenvalue weighted by atomic mass is 32.2. The molecule has 0 radical (unpaired) electrons. The molecule has 2 N–H and O–H groups in total.